The zero-order valence-corrected chi connectivity index (χ0v) is 14.6. The number of aryl methyl sites for hydroxylation is 1. The molecule has 0 unspecified atom stereocenters. The average molecular weight is 330 g/mol. The number of carbonyl (C=O) groups is 2. The molecule has 0 saturated carbocycles. The molecule has 128 valence electrons. The number of rotatable bonds is 4. The van der Waals surface area contributed by atoms with Crippen LogP contribution in [-0.2, 0) is 12.0 Å². The first-order chi connectivity index (χ1) is 11.1. The van der Waals surface area contributed by atoms with Gasteiger partial charge in [0.25, 0.3) is 5.91 Å². The summed E-state index contributed by atoms with van der Waals surface area (Å²) in [6.45, 7) is 8.00. The number of aromatic nitrogens is 1. The van der Waals surface area contributed by atoms with Crippen molar-refractivity contribution in [3.63, 3.8) is 0 Å². The van der Waals surface area contributed by atoms with Crippen molar-refractivity contribution >= 4 is 11.9 Å². The molecule has 0 aliphatic heterocycles. The van der Waals surface area contributed by atoms with Gasteiger partial charge in [0.05, 0.1) is 6.54 Å². The quantitative estimate of drug-likeness (QED) is 0.930. The molecule has 0 saturated heterocycles. The fourth-order valence-electron chi connectivity index (χ4n) is 2.30. The lowest BCUT2D eigenvalue weighted by molar-refractivity contribution is 0.0694. The van der Waals surface area contributed by atoms with Gasteiger partial charge in [-0.3, -0.25) is 9.78 Å². The van der Waals surface area contributed by atoms with Gasteiger partial charge in [-0.15, -0.1) is 0 Å². The molecular weight excluding hydrogens is 308 g/mol. The van der Waals surface area contributed by atoms with Gasteiger partial charge in [-0.1, -0.05) is 26.8 Å². The summed E-state index contributed by atoms with van der Waals surface area (Å²) in [5, 5.41) is 9.04. The van der Waals surface area contributed by atoms with Gasteiger partial charge >= 0.3 is 5.97 Å². The Kier molecular flexibility index (Phi) is 4.78. The van der Waals surface area contributed by atoms with Crippen molar-refractivity contribution in [1.82, 2.24) is 9.88 Å². The number of nitrogens with zero attached hydrogens (tertiary/aromatic N) is 2. The Balaban J connectivity index is 2.12. The number of carbonyl (C=O) groups excluding carboxylic acids is 1. The lowest BCUT2D eigenvalue weighted by atomic mass is 9.88. The second-order valence-corrected chi connectivity index (χ2v) is 6.83. The molecule has 0 radical (unpaired) electrons. The summed E-state index contributed by atoms with van der Waals surface area (Å²) in [6, 6.07) is 5.04. The summed E-state index contributed by atoms with van der Waals surface area (Å²) in [5.41, 5.74) is 1.47. The second kappa shape index (κ2) is 6.47. The minimum Gasteiger partial charge on any atom is -0.478 e. The number of hydrogen-bond acceptors (Lipinski definition) is 4. The normalized spacial score (nSPS) is 11.4. The van der Waals surface area contributed by atoms with Gasteiger partial charge in [0, 0.05) is 13.2 Å². The minimum atomic E-state index is -1.05. The SMILES string of the molecule is Cc1oc(CN(C)C(=O)c2ccc(C(C)(C)C)cn2)cc1C(=O)O. The molecule has 0 spiro atoms. The first-order valence-electron chi connectivity index (χ1n) is 7.64. The highest BCUT2D eigenvalue weighted by atomic mass is 16.4. The van der Waals surface area contributed by atoms with Crippen LogP contribution in [0.15, 0.2) is 28.8 Å². The van der Waals surface area contributed by atoms with Crippen molar-refractivity contribution in [3.8, 4) is 0 Å². The largest absolute Gasteiger partial charge is 0.478 e. The molecule has 0 bridgehead atoms. The molecule has 0 atom stereocenters. The number of hydrogen-bond donors (Lipinski definition) is 1. The number of carboxylic acids is 1. The summed E-state index contributed by atoms with van der Waals surface area (Å²) in [6.07, 6.45) is 1.71. The van der Waals surface area contributed by atoms with Crippen LogP contribution >= 0.6 is 0 Å². The maximum atomic E-state index is 12.4. The maximum Gasteiger partial charge on any atom is 0.339 e. The summed E-state index contributed by atoms with van der Waals surface area (Å²) in [7, 11) is 1.62. The van der Waals surface area contributed by atoms with Gasteiger partial charge in [-0.25, -0.2) is 4.79 Å². The second-order valence-electron chi connectivity index (χ2n) is 6.83. The molecule has 0 aromatic carbocycles. The molecule has 24 heavy (non-hydrogen) atoms. The fourth-order valence-corrected chi connectivity index (χ4v) is 2.30. The van der Waals surface area contributed by atoms with Crippen LogP contribution in [0.25, 0.3) is 0 Å². The van der Waals surface area contributed by atoms with Crippen molar-refractivity contribution < 1.29 is 19.1 Å². The summed E-state index contributed by atoms with van der Waals surface area (Å²) < 4.78 is 5.40. The zero-order valence-electron chi connectivity index (χ0n) is 14.6. The standard InChI is InChI=1S/C18H22N2O4/c1-11-14(17(22)23)8-13(24-11)10-20(5)16(21)15-7-6-12(9-19-15)18(2,3)4/h6-9H,10H2,1-5H3,(H,22,23). The van der Waals surface area contributed by atoms with Crippen LogP contribution in [0.1, 0.15) is 58.7 Å². The van der Waals surface area contributed by atoms with Crippen LogP contribution in [0.3, 0.4) is 0 Å². The Morgan fingerprint density at radius 2 is 1.96 bits per heavy atom. The van der Waals surface area contributed by atoms with Crippen molar-refractivity contribution in [2.75, 3.05) is 7.05 Å². The van der Waals surface area contributed by atoms with E-state index in [9.17, 15) is 9.59 Å². The van der Waals surface area contributed by atoms with Crippen LogP contribution in [-0.4, -0.2) is 33.9 Å². The molecule has 0 fully saturated rings. The van der Waals surface area contributed by atoms with E-state index in [0.717, 1.165) is 5.56 Å². The van der Waals surface area contributed by atoms with E-state index in [1.165, 1.54) is 11.0 Å². The van der Waals surface area contributed by atoms with Gasteiger partial charge in [-0.05, 0) is 30.0 Å². The van der Waals surface area contributed by atoms with Crippen molar-refractivity contribution in [2.45, 2.75) is 39.7 Å². The van der Waals surface area contributed by atoms with Gasteiger partial charge in [0.15, 0.2) is 0 Å². The topological polar surface area (TPSA) is 83.6 Å². The Morgan fingerprint density at radius 1 is 1.29 bits per heavy atom. The average Bonchev–Trinajstić information content (AvgIpc) is 2.86. The van der Waals surface area contributed by atoms with Crippen molar-refractivity contribution in [1.29, 1.82) is 0 Å². The molecule has 2 heterocycles. The van der Waals surface area contributed by atoms with Gasteiger partial charge in [-0.2, -0.15) is 0 Å². The first-order valence-corrected chi connectivity index (χ1v) is 7.64. The smallest absolute Gasteiger partial charge is 0.339 e. The maximum absolute atomic E-state index is 12.4. The Bertz CT molecular complexity index is 754. The number of aromatic carboxylic acids is 1. The third-order valence-electron chi connectivity index (χ3n) is 3.79. The predicted octanol–water partition coefficient (Wildman–Crippen LogP) is 3.25. The molecule has 2 aromatic heterocycles. The van der Waals surface area contributed by atoms with Crippen LogP contribution in [0, 0.1) is 6.92 Å². The van der Waals surface area contributed by atoms with E-state index in [0.29, 0.717) is 17.2 Å². The Labute approximate surface area is 141 Å². The highest BCUT2D eigenvalue weighted by Crippen LogP contribution is 2.21. The Hall–Kier alpha value is -2.63. The third kappa shape index (κ3) is 3.82. The number of furan rings is 1. The van der Waals surface area contributed by atoms with Crippen LogP contribution in [0.2, 0.25) is 0 Å². The molecule has 6 heteroatoms. The molecular formula is C18H22N2O4. The summed E-state index contributed by atoms with van der Waals surface area (Å²) >= 11 is 0. The number of pyridine rings is 1. The van der Waals surface area contributed by atoms with E-state index in [2.05, 4.69) is 25.8 Å². The molecule has 0 aliphatic carbocycles. The fraction of sp³-hybridized carbons (Fsp3) is 0.389. The van der Waals surface area contributed by atoms with Crippen LogP contribution < -0.4 is 0 Å². The lowest BCUT2D eigenvalue weighted by Gasteiger charge is -2.19. The lowest BCUT2D eigenvalue weighted by Crippen LogP contribution is -2.27. The Morgan fingerprint density at radius 3 is 2.42 bits per heavy atom. The van der Waals surface area contributed by atoms with E-state index in [4.69, 9.17) is 9.52 Å². The van der Waals surface area contributed by atoms with Crippen LogP contribution in [0.4, 0.5) is 0 Å². The van der Waals surface area contributed by atoms with E-state index in [1.54, 1.807) is 26.2 Å². The number of carboxylic acid groups (broad SMARTS) is 1. The van der Waals surface area contributed by atoms with Gasteiger partial charge in [0.2, 0.25) is 0 Å². The highest BCUT2D eigenvalue weighted by molar-refractivity contribution is 5.92. The molecule has 6 nitrogen and oxygen atoms in total. The summed E-state index contributed by atoms with van der Waals surface area (Å²) in [4.78, 5) is 29.2. The first kappa shape index (κ1) is 17.7. The molecule has 0 aliphatic rings. The zero-order chi connectivity index (χ0) is 18.1. The van der Waals surface area contributed by atoms with Gasteiger partial charge < -0.3 is 14.4 Å². The van der Waals surface area contributed by atoms with Crippen LogP contribution in [0.5, 0.6) is 0 Å². The van der Waals surface area contributed by atoms with Gasteiger partial charge in [0.1, 0.15) is 22.8 Å². The molecule has 2 rings (SSSR count). The van der Waals surface area contributed by atoms with E-state index in [1.807, 2.05) is 6.07 Å². The molecule has 2 aromatic rings. The molecule has 1 N–H and O–H groups in total. The van der Waals surface area contributed by atoms with E-state index >= 15 is 0 Å². The highest BCUT2D eigenvalue weighted by Gasteiger charge is 2.20. The third-order valence-corrected chi connectivity index (χ3v) is 3.79. The van der Waals surface area contributed by atoms with E-state index < -0.39 is 5.97 Å². The predicted molar refractivity (Wildman–Crippen MR) is 89.1 cm³/mol. The minimum absolute atomic E-state index is 0.0284. The summed E-state index contributed by atoms with van der Waals surface area (Å²) in [5.74, 6) is -0.546. The van der Waals surface area contributed by atoms with E-state index in [-0.39, 0.29) is 23.4 Å². The van der Waals surface area contributed by atoms with Crippen molar-refractivity contribution in [3.05, 3.63) is 52.7 Å². The molecule has 1 amide bonds. The van der Waals surface area contributed by atoms with Crippen molar-refractivity contribution in [2.24, 2.45) is 0 Å². The number of amides is 1. The monoisotopic (exact) mass is 330 g/mol.